The van der Waals surface area contributed by atoms with Gasteiger partial charge in [-0.2, -0.15) is 5.10 Å². The van der Waals surface area contributed by atoms with E-state index in [0.29, 0.717) is 16.8 Å². The molecule has 12 heteroatoms. The molecule has 1 atom stereocenters. The third kappa shape index (κ3) is 6.57. The Bertz CT molecular complexity index is 1440. The topological polar surface area (TPSA) is 137 Å². The molecular formula is C27H27ClFN7O3. The minimum absolute atomic E-state index is 0. The Morgan fingerprint density at radius 2 is 1.87 bits per heavy atom. The third-order valence-corrected chi connectivity index (χ3v) is 6.23. The highest BCUT2D eigenvalue weighted by atomic mass is 35.5. The maximum atomic E-state index is 13.6. The van der Waals surface area contributed by atoms with Crippen LogP contribution in [0.2, 0.25) is 0 Å². The predicted octanol–water partition coefficient (Wildman–Crippen LogP) is 3.94. The fourth-order valence-corrected chi connectivity index (χ4v) is 4.27. The molecule has 2 aromatic heterocycles. The summed E-state index contributed by atoms with van der Waals surface area (Å²) in [5.41, 5.74) is 7.46. The van der Waals surface area contributed by atoms with Crippen LogP contribution >= 0.6 is 12.4 Å². The van der Waals surface area contributed by atoms with Crippen molar-refractivity contribution in [3.8, 4) is 11.3 Å². The SMILES string of the molecule is Cl.Nc1ncc(-c2cnn(C3CCNCC3)c2)nc1C(=O)O[C@@H](C(=O)Nc1cccc(F)c1)c1ccccc1. The Labute approximate surface area is 230 Å². The van der Waals surface area contributed by atoms with Crippen LogP contribution in [-0.4, -0.2) is 44.7 Å². The van der Waals surface area contributed by atoms with Gasteiger partial charge in [0, 0.05) is 23.0 Å². The van der Waals surface area contributed by atoms with Gasteiger partial charge in [-0.25, -0.2) is 19.2 Å². The number of aromatic nitrogens is 4. The summed E-state index contributed by atoms with van der Waals surface area (Å²) in [5, 5.41) is 10.4. The van der Waals surface area contributed by atoms with E-state index in [1.54, 1.807) is 36.5 Å². The molecule has 5 rings (SSSR count). The largest absolute Gasteiger partial charge is 0.442 e. The number of benzene rings is 2. The van der Waals surface area contributed by atoms with E-state index < -0.39 is 23.8 Å². The standard InChI is InChI=1S/C27H26FN7O3.ClH/c28-19-7-4-8-20(13-19)33-26(36)24(17-5-2-1-3-6-17)38-27(37)23-25(29)31-15-22(34-23)18-14-32-35(16-18)21-9-11-30-12-10-21;/h1-8,13-16,21,24,30H,9-12H2,(H2,29,31)(H,33,36);1H/t24-;/m1./s1. The summed E-state index contributed by atoms with van der Waals surface area (Å²) in [6.45, 7) is 1.85. The van der Waals surface area contributed by atoms with Crippen molar-refractivity contribution >= 4 is 35.8 Å². The molecule has 1 amide bonds. The Hall–Kier alpha value is -4.35. The second-order valence-electron chi connectivity index (χ2n) is 8.87. The summed E-state index contributed by atoms with van der Waals surface area (Å²) >= 11 is 0. The number of rotatable bonds is 7. The molecule has 0 aliphatic carbocycles. The highest BCUT2D eigenvalue weighted by Gasteiger charge is 2.28. The second kappa shape index (κ2) is 12.5. The lowest BCUT2D eigenvalue weighted by molar-refractivity contribution is -0.125. The van der Waals surface area contributed by atoms with E-state index in [0.717, 1.165) is 25.9 Å². The van der Waals surface area contributed by atoms with Crippen molar-refractivity contribution < 1.29 is 18.7 Å². The van der Waals surface area contributed by atoms with Crippen LogP contribution in [0.1, 0.15) is 41.0 Å². The van der Waals surface area contributed by atoms with Gasteiger partial charge in [0.15, 0.2) is 11.5 Å². The smallest absolute Gasteiger partial charge is 0.361 e. The van der Waals surface area contributed by atoms with Crippen LogP contribution < -0.4 is 16.4 Å². The molecule has 1 saturated heterocycles. The van der Waals surface area contributed by atoms with Gasteiger partial charge in [-0.15, -0.1) is 12.4 Å². The van der Waals surface area contributed by atoms with Crippen molar-refractivity contribution in [2.45, 2.75) is 25.0 Å². The number of nitrogens with two attached hydrogens (primary N) is 1. The van der Waals surface area contributed by atoms with Gasteiger partial charge in [0.1, 0.15) is 5.82 Å². The monoisotopic (exact) mass is 551 g/mol. The number of amides is 1. The number of nitrogens with one attached hydrogen (secondary N) is 2. The number of esters is 1. The van der Waals surface area contributed by atoms with Crippen molar-refractivity contribution in [1.82, 2.24) is 25.1 Å². The predicted molar refractivity (Wildman–Crippen MR) is 146 cm³/mol. The molecule has 0 radical (unpaired) electrons. The number of hydrogen-bond acceptors (Lipinski definition) is 8. The molecule has 1 aliphatic rings. The highest BCUT2D eigenvalue weighted by Crippen LogP contribution is 2.26. The van der Waals surface area contributed by atoms with E-state index in [1.807, 2.05) is 10.9 Å². The maximum Gasteiger partial charge on any atom is 0.361 e. The summed E-state index contributed by atoms with van der Waals surface area (Å²) in [7, 11) is 0. The fraction of sp³-hybridized carbons (Fsp3) is 0.222. The summed E-state index contributed by atoms with van der Waals surface area (Å²) in [5.74, 6) is -2.24. The quantitative estimate of drug-likeness (QED) is 0.294. The summed E-state index contributed by atoms with van der Waals surface area (Å²) in [6, 6.07) is 14.2. The second-order valence-corrected chi connectivity index (χ2v) is 8.87. The molecule has 0 bridgehead atoms. The van der Waals surface area contributed by atoms with Crippen molar-refractivity contribution in [3.63, 3.8) is 0 Å². The Morgan fingerprint density at radius 3 is 2.62 bits per heavy atom. The average molecular weight is 552 g/mol. The van der Waals surface area contributed by atoms with Crippen molar-refractivity contribution in [1.29, 1.82) is 0 Å². The van der Waals surface area contributed by atoms with Gasteiger partial charge < -0.3 is 21.1 Å². The van der Waals surface area contributed by atoms with E-state index in [9.17, 15) is 14.0 Å². The minimum atomic E-state index is -1.35. The maximum absolute atomic E-state index is 13.6. The normalized spacial score (nSPS) is 14.2. The van der Waals surface area contributed by atoms with E-state index >= 15 is 0 Å². The first kappa shape index (κ1) is 27.7. The fourth-order valence-electron chi connectivity index (χ4n) is 4.27. The average Bonchev–Trinajstić information content (AvgIpc) is 3.43. The van der Waals surface area contributed by atoms with Crippen LogP contribution in [-0.2, 0) is 9.53 Å². The lowest BCUT2D eigenvalue weighted by atomic mass is 10.1. The van der Waals surface area contributed by atoms with Crippen LogP contribution in [0.15, 0.2) is 73.2 Å². The minimum Gasteiger partial charge on any atom is -0.442 e. The van der Waals surface area contributed by atoms with Gasteiger partial charge in [0.2, 0.25) is 6.10 Å². The lowest BCUT2D eigenvalue weighted by Crippen LogP contribution is -2.29. The number of piperidine rings is 1. The molecule has 0 unspecified atom stereocenters. The van der Waals surface area contributed by atoms with Gasteiger partial charge in [-0.1, -0.05) is 36.4 Å². The molecule has 39 heavy (non-hydrogen) atoms. The summed E-state index contributed by atoms with van der Waals surface area (Å²) < 4.78 is 21.1. The zero-order valence-corrected chi connectivity index (χ0v) is 21.6. The van der Waals surface area contributed by atoms with Crippen molar-refractivity contribution in [3.05, 3.63) is 90.3 Å². The Morgan fingerprint density at radius 1 is 1.10 bits per heavy atom. The van der Waals surface area contributed by atoms with Crippen LogP contribution in [0.5, 0.6) is 0 Å². The Balaban J connectivity index is 0.00000353. The number of carbonyl (C=O) groups excluding carboxylic acids is 2. The molecular weight excluding hydrogens is 525 g/mol. The zero-order valence-electron chi connectivity index (χ0n) is 20.8. The molecule has 202 valence electrons. The first-order valence-electron chi connectivity index (χ1n) is 12.2. The lowest BCUT2D eigenvalue weighted by Gasteiger charge is -2.22. The molecule has 2 aromatic carbocycles. The van der Waals surface area contributed by atoms with Crippen LogP contribution in [0.4, 0.5) is 15.9 Å². The number of halogens is 2. The first-order valence-corrected chi connectivity index (χ1v) is 12.2. The number of nitrogens with zero attached hydrogens (tertiary/aromatic N) is 4. The number of ether oxygens (including phenoxy) is 1. The van der Waals surface area contributed by atoms with Crippen LogP contribution in [0, 0.1) is 5.82 Å². The molecule has 4 aromatic rings. The number of anilines is 2. The highest BCUT2D eigenvalue weighted by molar-refractivity contribution is 5.99. The molecule has 1 aliphatic heterocycles. The summed E-state index contributed by atoms with van der Waals surface area (Å²) in [4.78, 5) is 34.9. The number of nitrogen functional groups attached to an aromatic ring is 1. The van der Waals surface area contributed by atoms with E-state index in [-0.39, 0.29) is 35.6 Å². The Kier molecular flexibility index (Phi) is 8.84. The first-order chi connectivity index (χ1) is 18.5. The van der Waals surface area contributed by atoms with Crippen LogP contribution in [0.3, 0.4) is 0 Å². The number of hydrogen-bond donors (Lipinski definition) is 3. The van der Waals surface area contributed by atoms with E-state index in [1.165, 1.54) is 30.5 Å². The van der Waals surface area contributed by atoms with Gasteiger partial charge in [0.25, 0.3) is 5.91 Å². The van der Waals surface area contributed by atoms with E-state index in [2.05, 4.69) is 25.7 Å². The van der Waals surface area contributed by atoms with Crippen LogP contribution in [0.25, 0.3) is 11.3 Å². The van der Waals surface area contributed by atoms with Crippen molar-refractivity contribution in [2.24, 2.45) is 0 Å². The van der Waals surface area contributed by atoms with Crippen molar-refractivity contribution in [2.75, 3.05) is 24.1 Å². The molecule has 10 nitrogen and oxygen atoms in total. The molecule has 0 spiro atoms. The number of carbonyl (C=O) groups is 2. The molecule has 0 saturated carbocycles. The van der Waals surface area contributed by atoms with Gasteiger partial charge in [-0.05, 0) is 44.1 Å². The summed E-state index contributed by atoms with van der Waals surface area (Å²) in [6.07, 6.45) is 5.57. The van der Waals surface area contributed by atoms with Gasteiger partial charge >= 0.3 is 5.97 Å². The van der Waals surface area contributed by atoms with E-state index in [4.69, 9.17) is 10.5 Å². The molecule has 1 fully saturated rings. The van der Waals surface area contributed by atoms with Gasteiger partial charge in [-0.3, -0.25) is 9.48 Å². The molecule has 3 heterocycles. The molecule has 4 N–H and O–H groups in total. The zero-order chi connectivity index (χ0) is 26.5. The van der Waals surface area contributed by atoms with Gasteiger partial charge in [0.05, 0.1) is 24.1 Å². The third-order valence-electron chi connectivity index (χ3n) is 6.23.